The molecule has 3 nitrogen and oxygen atoms in total. The topological polar surface area (TPSA) is 37.2 Å². The second-order valence-corrected chi connectivity index (χ2v) is 7.47. The molecule has 4 rings (SSSR count). The number of fused-ring (bicyclic) bond motifs is 3. The van der Waals surface area contributed by atoms with Gasteiger partial charge < -0.3 is 15.0 Å². The van der Waals surface area contributed by atoms with Crippen LogP contribution in [0.1, 0.15) is 11.1 Å². The zero-order valence-corrected chi connectivity index (χ0v) is 16.5. The number of halogens is 6. The highest BCUT2D eigenvalue weighted by atomic mass is 19.4. The predicted molar refractivity (Wildman–Crippen MR) is 110 cm³/mol. The third-order valence-corrected chi connectivity index (χ3v) is 5.23. The van der Waals surface area contributed by atoms with Crippen molar-refractivity contribution in [2.24, 2.45) is 0 Å². The molecular weight excluding hydrogens is 434 g/mol. The second kappa shape index (κ2) is 8.05. The smallest absolute Gasteiger partial charge is 0.389 e. The molecule has 1 unspecified atom stereocenters. The summed E-state index contributed by atoms with van der Waals surface area (Å²) in [6.45, 7) is 0.128. The second-order valence-electron chi connectivity index (χ2n) is 7.47. The number of rotatable bonds is 5. The molecule has 1 aromatic heterocycles. The van der Waals surface area contributed by atoms with E-state index in [0.29, 0.717) is 11.0 Å². The Morgan fingerprint density at radius 1 is 0.750 bits per heavy atom. The first-order valence-corrected chi connectivity index (χ1v) is 9.71. The van der Waals surface area contributed by atoms with Crippen molar-refractivity contribution in [3.8, 4) is 0 Å². The molecule has 0 amide bonds. The number of anilines is 1. The average molecular weight is 452 g/mol. The molecule has 0 saturated heterocycles. The van der Waals surface area contributed by atoms with Crippen molar-refractivity contribution in [2.45, 2.75) is 25.0 Å². The van der Waals surface area contributed by atoms with Crippen molar-refractivity contribution in [3.05, 3.63) is 77.9 Å². The van der Waals surface area contributed by atoms with Crippen molar-refractivity contribution < 1.29 is 31.4 Å². The fraction of sp³-hybridized carbons (Fsp3) is 0.217. The quantitative estimate of drug-likeness (QED) is 0.349. The largest absolute Gasteiger partial charge is 0.416 e. The molecule has 0 spiro atoms. The van der Waals surface area contributed by atoms with E-state index in [1.165, 1.54) is 12.1 Å². The molecular formula is C23H18F6N2O. The van der Waals surface area contributed by atoms with Crippen LogP contribution in [-0.2, 0) is 18.9 Å². The highest BCUT2D eigenvalue weighted by Gasteiger charge is 2.33. The zero-order chi connectivity index (χ0) is 23.1. The Morgan fingerprint density at radius 3 is 1.72 bits per heavy atom. The van der Waals surface area contributed by atoms with E-state index >= 15 is 0 Å². The van der Waals surface area contributed by atoms with E-state index in [1.54, 1.807) is 4.57 Å². The van der Waals surface area contributed by atoms with E-state index in [-0.39, 0.29) is 23.9 Å². The summed E-state index contributed by atoms with van der Waals surface area (Å²) in [6, 6.07) is 15.0. The van der Waals surface area contributed by atoms with Crippen molar-refractivity contribution in [1.29, 1.82) is 0 Å². The third-order valence-electron chi connectivity index (χ3n) is 5.23. The van der Waals surface area contributed by atoms with Gasteiger partial charge in [-0.2, -0.15) is 26.3 Å². The Balaban J connectivity index is 1.76. The number of aliphatic hydroxyl groups excluding tert-OH is 1. The maximum Gasteiger partial charge on any atom is 0.416 e. The molecule has 4 aromatic rings. The molecule has 1 heterocycles. The van der Waals surface area contributed by atoms with E-state index in [0.717, 1.165) is 30.0 Å². The van der Waals surface area contributed by atoms with Gasteiger partial charge in [0.1, 0.15) is 0 Å². The van der Waals surface area contributed by atoms with Gasteiger partial charge in [-0.1, -0.05) is 18.2 Å². The fourth-order valence-electron chi connectivity index (χ4n) is 3.72. The van der Waals surface area contributed by atoms with Gasteiger partial charge in [0.15, 0.2) is 0 Å². The number of aliphatic hydroxyl groups is 1. The summed E-state index contributed by atoms with van der Waals surface area (Å²) in [7, 11) is 0. The number of benzene rings is 3. The van der Waals surface area contributed by atoms with Gasteiger partial charge in [-0.25, -0.2) is 0 Å². The minimum atomic E-state index is -4.64. The van der Waals surface area contributed by atoms with Gasteiger partial charge >= 0.3 is 12.4 Å². The molecule has 0 radical (unpaired) electrons. The Kier molecular flexibility index (Phi) is 5.54. The van der Waals surface area contributed by atoms with Crippen molar-refractivity contribution in [2.75, 3.05) is 11.9 Å². The molecule has 32 heavy (non-hydrogen) atoms. The molecule has 168 valence electrons. The maximum absolute atomic E-state index is 13.2. The van der Waals surface area contributed by atoms with Gasteiger partial charge in [-0.3, -0.25) is 0 Å². The van der Waals surface area contributed by atoms with Gasteiger partial charge in [0.2, 0.25) is 0 Å². The molecule has 0 aliphatic rings. The van der Waals surface area contributed by atoms with Gasteiger partial charge in [-0.05, 0) is 48.5 Å². The van der Waals surface area contributed by atoms with Crippen LogP contribution in [0, 0.1) is 0 Å². The van der Waals surface area contributed by atoms with Crippen LogP contribution in [0.2, 0.25) is 0 Å². The number of aromatic nitrogens is 1. The first-order valence-electron chi connectivity index (χ1n) is 9.71. The number of nitrogens with zero attached hydrogens (tertiary/aromatic N) is 1. The number of hydrogen-bond acceptors (Lipinski definition) is 2. The number of hydrogen-bond donors (Lipinski definition) is 2. The normalized spacial score (nSPS) is 13.6. The van der Waals surface area contributed by atoms with Gasteiger partial charge in [0, 0.05) is 34.0 Å². The van der Waals surface area contributed by atoms with Crippen LogP contribution in [0.25, 0.3) is 21.8 Å². The molecule has 0 saturated carbocycles. The lowest BCUT2D eigenvalue weighted by Gasteiger charge is -2.16. The third kappa shape index (κ3) is 4.38. The highest BCUT2D eigenvalue weighted by molar-refractivity contribution is 6.08. The van der Waals surface area contributed by atoms with Crippen LogP contribution in [0.5, 0.6) is 0 Å². The summed E-state index contributed by atoms with van der Waals surface area (Å²) < 4.78 is 80.9. The van der Waals surface area contributed by atoms with Gasteiger partial charge in [0.05, 0.1) is 23.8 Å². The van der Waals surface area contributed by atoms with Crippen LogP contribution in [-0.4, -0.2) is 22.3 Å². The van der Waals surface area contributed by atoms with E-state index in [1.807, 2.05) is 30.3 Å². The van der Waals surface area contributed by atoms with Crippen LogP contribution < -0.4 is 5.32 Å². The predicted octanol–water partition coefficient (Wildman–Crippen LogP) is 6.31. The van der Waals surface area contributed by atoms with E-state index in [9.17, 15) is 31.4 Å². The summed E-state index contributed by atoms with van der Waals surface area (Å²) in [5.41, 5.74) is -0.504. The number of para-hydroxylation sites is 1. The van der Waals surface area contributed by atoms with E-state index in [4.69, 9.17) is 0 Å². The van der Waals surface area contributed by atoms with Crippen molar-refractivity contribution in [1.82, 2.24) is 4.57 Å². The van der Waals surface area contributed by atoms with Crippen LogP contribution >= 0.6 is 0 Å². The molecule has 0 aliphatic heterocycles. The maximum atomic E-state index is 13.2. The number of nitrogens with one attached hydrogen (secondary N) is 1. The Hall–Kier alpha value is -3.20. The Labute approximate surface area is 178 Å². The minimum absolute atomic E-state index is 0.0173. The van der Waals surface area contributed by atoms with Crippen LogP contribution in [0.4, 0.5) is 32.0 Å². The average Bonchev–Trinajstić information content (AvgIpc) is 3.04. The first-order chi connectivity index (χ1) is 15.0. The Morgan fingerprint density at radius 2 is 1.25 bits per heavy atom. The van der Waals surface area contributed by atoms with E-state index in [2.05, 4.69) is 5.32 Å². The minimum Gasteiger partial charge on any atom is -0.389 e. The SMILES string of the molecule is OC(CNc1ccccc1)Cn1c2ccc(C(F)(F)F)cc2c2cc(C(F)(F)F)ccc21. The van der Waals surface area contributed by atoms with E-state index < -0.39 is 29.6 Å². The van der Waals surface area contributed by atoms with Crippen molar-refractivity contribution in [3.63, 3.8) is 0 Å². The summed E-state index contributed by atoms with van der Waals surface area (Å²) in [5, 5.41) is 13.7. The molecule has 3 aromatic carbocycles. The highest BCUT2D eigenvalue weighted by Crippen LogP contribution is 2.38. The molecule has 1 atom stereocenters. The van der Waals surface area contributed by atoms with Gasteiger partial charge in [-0.15, -0.1) is 0 Å². The fourth-order valence-corrected chi connectivity index (χ4v) is 3.72. The lowest BCUT2D eigenvalue weighted by atomic mass is 10.1. The lowest BCUT2D eigenvalue weighted by molar-refractivity contribution is -0.138. The number of alkyl halides is 6. The first kappa shape index (κ1) is 22.0. The summed E-state index contributed by atoms with van der Waals surface area (Å²) in [4.78, 5) is 0. The molecule has 9 heteroatoms. The molecule has 0 fully saturated rings. The standard InChI is InChI=1S/C23H18F6N2O/c24-22(25,26)14-6-8-20-18(10-14)19-11-15(23(27,28)29)7-9-21(19)31(20)13-17(32)12-30-16-4-2-1-3-5-16/h1-11,17,30,32H,12-13H2. The summed E-state index contributed by atoms with van der Waals surface area (Å²) in [6.07, 6.45) is -10.2. The molecule has 0 bridgehead atoms. The summed E-state index contributed by atoms with van der Waals surface area (Å²) in [5.74, 6) is 0. The zero-order valence-electron chi connectivity index (χ0n) is 16.5. The lowest BCUT2D eigenvalue weighted by Crippen LogP contribution is -2.24. The summed E-state index contributed by atoms with van der Waals surface area (Å²) >= 11 is 0. The van der Waals surface area contributed by atoms with Crippen molar-refractivity contribution >= 4 is 27.5 Å². The molecule has 2 N–H and O–H groups in total. The Bertz CT molecular complexity index is 1170. The monoisotopic (exact) mass is 452 g/mol. The van der Waals surface area contributed by atoms with Crippen LogP contribution in [0.15, 0.2) is 66.7 Å². The molecule has 0 aliphatic carbocycles. The van der Waals surface area contributed by atoms with Gasteiger partial charge in [0.25, 0.3) is 0 Å². The van der Waals surface area contributed by atoms with Crippen LogP contribution in [0.3, 0.4) is 0 Å².